The Morgan fingerprint density at radius 2 is 2.31 bits per heavy atom. The first-order valence-corrected chi connectivity index (χ1v) is 5.82. The number of ketones is 1. The van der Waals surface area contributed by atoms with E-state index in [0.29, 0.717) is 11.7 Å². The summed E-state index contributed by atoms with van der Waals surface area (Å²) in [6.07, 6.45) is 3.47. The van der Waals surface area contributed by atoms with Gasteiger partial charge >= 0.3 is 0 Å². The lowest BCUT2D eigenvalue weighted by Crippen LogP contribution is -2.26. The Kier molecular flexibility index (Phi) is 3.10. The molecular weight excluding hydrogens is 202 g/mol. The van der Waals surface area contributed by atoms with Crippen molar-refractivity contribution in [3.05, 3.63) is 17.5 Å². The van der Waals surface area contributed by atoms with Crippen molar-refractivity contribution in [3.8, 4) is 0 Å². The SMILES string of the molecule is CC(=O)c1cc(CC2CCCN2C)nn1C. The Morgan fingerprint density at radius 3 is 2.81 bits per heavy atom. The Morgan fingerprint density at radius 1 is 1.56 bits per heavy atom. The quantitative estimate of drug-likeness (QED) is 0.721. The summed E-state index contributed by atoms with van der Waals surface area (Å²) in [7, 11) is 3.99. The standard InChI is InChI=1S/C12H19N3O/c1-9(16)12-8-10(13-15(12)3)7-11-5-4-6-14(11)2/h8,11H,4-7H2,1-3H3. The topological polar surface area (TPSA) is 38.1 Å². The van der Waals surface area contributed by atoms with Crippen molar-refractivity contribution in [1.82, 2.24) is 14.7 Å². The number of nitrogens with zero attached hydrogens (tertiary/aromatic N) is 3. The summed E-state index contributed by atoms with van der Waals surface area (Å²) in [5, 5.41) is 4.40. The molecule has 1 aliphatic rings. The Hall–Kier alpha value is -1.16. The lowest BCUT2D eigenvalue weighted by Gasteiger charge is -2.17. The Labute approximate surface area is 96.2 Å². The second kappa shape index (κ2) is 4.37. The van der Waals surface area contributed by atoms with E-state index >= 15 is 0 Å². The molecule has 1 fully saturated rings. The van der Waals surface area contributed by atoms with E-state index in [-0.39, 0.29) is 5.78 Å². The summed E-state index contributed by atoms with van der Waals surface area (Å²) < 4.78 is 1.69. The van der Waals surface area contributed by atoms with Crippen molar-refractivity contribution < 1.29 is 4.79 Å². The van der Waals surface area contributed by atoms with Crippen LogP contribution in [0.4, 0.5) is 0 Å². The lowest BCUT2D eigenvalue weighted by molar-refractivity contribution is 0.100. The van der Waals surface area contributed by atoms with E-state index < -0.39 is 0 Å². The van der Waals surface area contributed by atoms with Gasteiger partial charge in [0, 0.05) is 26.4 Å². The van der Waals surface area contributed by atoms with Gasteiger partial charge in [0.25, 0.3) is 0 Å². The average molecular weight is 221 g/mol. The number of hydrogen-bond donors (Lipinski definition) is 0. The molecule has 1 unspecified atom stereocenters. The van der Waals surface area contributed by atoms with Crippen LogP contribution in [0, 0.1) is 0 Å². The zero-order valence-corrected chi connectivity index (χ0v) is 10.2. The number of aromatic nitrogens is 2. The minimum absolute atomic E-state index is 0.0843. The molecule has 16 heavy (non-hydrogen) atoms. The van der Waals surface area contributed by atoms with Crippen molar-refractivity contribution in [1.29, 1.82) is 0 Å². The molecular formula is C12H19N3O. The maximum Gasteiger partial charge on any atom is 0.177 e. The molecule has 1 aliphatic heterocycles. The van der Waals surface area contributed by atoms with Gasteiger partial charge in [-0.25, -0.2) is 0 Å². The highest BCUT2D eigenvalue weighted by Crippen LogP contribution is 2.19. The van der Waals surface area contributed by atoms with Gasteiger partial charge in [-0.2, -0.15) is 5.10 Å². The minimum Gasteiger partial charge on any atom is -0.303 e. The van der Waals surface area contributed by atoms with E-state index in [1.54, 1.807) is 11.6 Å². The summed E-state index contributed by atoms with van der Waals surface area (Å²) >= 11 is 0. The number of aryl methyl sites for hydroxylation is 1. The molecule has 0 amide bonds. The summed E-state index contributed by atoms with van der Waals surface area (Å²) in [6, 6.07) is 2.52. The molecule has 1 aromatic heterocycles. The van der Waals surface area contributed by atoms with Crippen molar-refractivity contribution in [2.75, 3.05) is 13.6 Å². The van der Waals surface area contributed by atoms with Crippen molar-refractivity contribution >= 4 is 5.78 Å². The lowest BCUT2D eigenvalue weighted by atomic mass is 10.1. The highest BCUT2D eigenvalue weighted by molar-refractivity contribution is 5.92. The van der Waals surface area contributed by atoms with Crippen LogP contribution in [0.15, 0.2) is 6.07 Å². The highest BCUT2D eigenvalue weighted by atomic mass is 16.1. The zero-order valence-electron chi connectivity index (χ0n) is 10.2. The molecule has 0 radical (unpaired) electrons. The van der Waals surface area contributed by atoms with Crippen molar-refractivity contribution in [2.24, 2.45) is 7.05 Å². The zero-order chi connectivity index (χ0) is 11.7. The Balaban J connectivity index is 2.10. The van der Waals surface area contributed by atoms with Crippen LogP contribution in [-0.4, -0.2) is 40.1 Å². The third-order valence-corrected chi connectivity index (χ3v) is 3.41. The maximum atomic E-state index is 11.3. The fourth-order valence-corrected chi connectivity index (χ4v) is 2.43. The largest absolute Gasteiger partial charge is 0.303 e. The number of hydrogen-bond acceptors (Lipinski definition) is 3. The third kappa shape index (κ3) is 2.16. The molecule has 0 aliphatic carbocycles. The molecule has 0 spiro atoms. The normalized spacial score (nSPS) is 21.6. The maximum absolute atomic E-state index is 11.3. The van der Waals surface area contributed by atoms with Crippen LogP contribution >= 0.6 is 0 Å². The molecule has 4 heteroatoms. The van der Waals surface area contributed by atoms with E-state index in [0.717, 1.165) is 12.1 Å². The highest BCUT2D eigenvalue weighted by Gasteiger charge is 2.22. The predicted molar refractivity (Wildman–Crippen MR) is 62.6 cm³/mol. The second-order valence-corrected chi connectivity index (χ2v) is 4.68. The fraction of sp³-hybridized carbons (Fsp3) is 0.667. The van der Waals surface area contributed by atoms with Gasteiger partial charge in [-0.15, -0.1) is 0 Å². The van der Waals surface area contributed by atoms with Gasteiger partial charge in [0.15, 0.2) is 5.78 Å². The van der Waals surface area contributed by atoms with Crippen LogP contribution in [0.1, 0.15) is 35.9 Å². The predicted octanol–water partition coefficient (Wildman–Crippen LogP) is 1.26. The smallest absolute Gasteiger partial charge is 0.177 e. The molecule has 88 valence electrons. The molecule has 2 rings (SSSR count). The van der Waals surface area contributed by atoms with Crippen LogP contribution in [0.3, 0.4) is 0 Å². The molecule has 1 aromatic rings. The molecule has 0 bridgehead atoms. The van der Waals surface area contributed by atoms with Crippen LogP contribution in [0.5, 0.6) is 0 Å². The third-order valence-electron chi connectivity index (χ3n) is 3.41. The molecule has 0 saturated carbocycles. The monoisotopic (exact) mass is 221 g/mol. The van der Waals surface area contributed by atoms with Gasteiger partial charge in [0.2, 0.25) is 0 Å². The number of carbonyl (C=O) groups is 1. The molecule has 1 saturated heterocycles. The van der Waals surface area contributed by atoms with Gasteiger partial charge in [-0.3, -0.25) is 9.48 Å². The number of likely N-dealkylation sites (N-methyl/N-ethyl adjacent to an activating group) is 1. The fourth-order valence-electron chi connectivity index (χ4n) is 2.43. The van der Waals surface area contributed by atoms with E-state index in [9.17, 15) is 4.79 Å². The van der Waals surface area contributed by atoms with Gasteiger partial charge < -0.3 is 4.90 Å². The van der Waals surface area contributed by atoms with Crippen LogP contribution < -0.4 is 0 Å². The van der Waals surface area contributed by atoms with E-state index in [1.807, 2.05) is 13.1 Å². The summed E-state index contributed by atoms with van der Waals surface area (Å²) in [5.74, 6) is 0.0843. The van der Waals surface area contributed by atoms with Crippen LogP contribution in [0.25, 0.3) is 0 Å². The first-order chi connectivity index (χ1) is 7.58. The molecule has 1 atom stereocenters. The molecule has 0 N–H and O–H groups in total. The van der Waals surface area contributed by atoms with E-state index in [4.69, 9.17) is 0 Å². The molecule has 0 aromatic carbocycles. The van der Waals surface area contributed by atoms with Crippen LogP contribution in [0.2, 0.25) is 0 Å². The molecule has 2 heterocycles. The number of rotatable bonds is 3. The second-order valence-electron chi connectivity index (χ2n) is 4.68. The van der Waals surface area contributed by atoms with Gasteiger partial charge in [-0.05, 0) is 32.5 Å². The first-order valence-electron chi connectivity index (χ1n) is 5.82. The van der Waals surface area contributed by atoms with Crippen LogP contribution in [-0.2, 0) is 13.5 Å². The summed E-state index contributed by atoms with van der Waals surface area (Å²) in [5.41, 5.74) is 1.74. The van der Waals surface area contributed by atoms with Crippen molar-refractivity contribution in [3.63, 3.8) is 0 Å². The van der Waals surface area contributed by atoms with E-state index in [1.165, 1.54) is 19.4 Å². The number of likely N-dealkylation sites (tertiary alicyclic amines) is 1. The van der Waals surface area contributed by atoms with E-state index in [2.05, 4.69) is 17.0 Å². The van der Waals surface area contributed by atoms with Gasteiger partial charge in [-0.1, -0.05) is 0 Å². The average Bonchev–Trinajstić information content (AvgIpc) is 2.75. The summed E-state index contributed by atoms with van der Waals surface area (Å²) in [4.78, 5) is 13.7. The van der Waals surface area contributed by atoms with Gasteiger partial charge in [0.1, 0.15) is 5.69 Å². The van der Waals surface area contributed by atoms with Gasteiger partial charge in [0.05, 0.1) is 5.69 Å². The molecule has 4 nitrogen and oxygen atoms in total. The number of carbonyl (C=O) groups excluding carboxylic acids is 1. The summed E-state index contributed by atoms with van der Waals surface area (Å²) in [6.45, 7) is 2.76. The minimum atomic E-state index is 0.0843. The first kappa shape index (κ1) is 11.3. The van der Waals surface area contributed by atoms with Crippen molar-refractivity contribution in [2.45, 2.75) is 32.2 Å². The Bertz CT molecular complexity index is 397. The number of Topliss-reactive ketones (excluding diaryl/α,β-unsaturated/α-hetero) is 1.